The molecule has 0 amide bonds. The molecule has 3 nitrogen and oxygen atoms in total. The Morgan fingerprint density at radius 1 is 1.53 bits per heavy atom. The van der Waals surface area contributed by atoms with Gasteiger partial charge < -0.3 is 10.6 Å². The standard InChI is InChI=1S/C10H16F3N3S/c1-3-4-16(6-10(11,12)13)9-15-8(5-17-9)7(2)14/h5,7H,3-4,6,14H2,1-2H3. The number of hydrogen-bond donors (Lipinski definition) is 1. The lowest BCUT2D eigenvalue weighted by molar-refractivity contribution is -0.119. The van der Waals surface area contributed by atoms with E-state index in [-0.39, 0.29) is 6.04 Å². The van der Waals surface area contributed by atoms with E-state index in [0.717, 1.165) is 0 Å². The summed E-state index contributed by atoms with van der Waals surface area (Å²) >= 11 is 1.20. The summed E-state index contributed by atoms with van der Waals surface area (Å²) in [5, 5.41) is 2.09. The van der Waals surface area contributed by atoms with E-state index in [0.29, 0.717) is 23.8 Å². The van der Waals surface area contributed by atoms with Crippen LogP contribution in [-0.2, 0) is 0 Å². The molecule has 1 heterocycles. The van der Waals surface area contributed by atoms with Gasteiger partial charge in [-0.05, 0) is 13.3 Å². The van der Waals surface area contributed by atoms with Crippen molar-refractivity contribution in [2.45, 2.75) is 32.5 Å². The Balaban J connectivity index is 2.81. The van der Waals surface area contributed by atoms with Gasteiger partial charge in [0.05, 0.1) is 5.69 Å². The zero-order valence-electron chi connectivity index (χ0n) is 9.79. The van der Waals surface area contributed by atoms with E-state index in [1.165, 1.54) is 16.2 Å². The highest BCUT2D eigenvalue weighted by Gasteiger charge is 2.31. The summed E-state index contributed by atoms with van der Waals surface area (Å²) in [6, 6.07) is -0.255. The third kappa shape index (κ3) is 4.51. The maximum absolute atomic E-state index is 12.4. The Morgan fingerprint density at radius 3 is 2.59 bits per heavy atom. The molecule has 98 valence electrons. The topological polar surface area (TPSA) is 42.2 Å². The number of anilines is 1. The number of halogens is 3. The molecule has 0 fully saturated rings. The van der Waals surface area contributed by atoms with E-state index in [2.05, 4.69) is 4.98 Å². The van der Waals surface area contributed by atoms with Crippen LogP contribution in [0.1, 0.15) is 32.0 Å². The van der Waals surface area contributed by atoms with E-state index in [4.69, 9.17) is 5.73 Å². The number of nitrogens with zero attached hydrogens (tertiary/aromatic N) is 2. The normalized spacial score (nSPS) is 13.8. The quantitative estimate of drug-likeness (QED) is 0.892. The third-order valence-corrected chi connectivity index (χ3v) is 3.03. The zero-order valence-corrected chi connectivity index (χ0v) is 10.6. The van der Waals surface area contributed by atoms with Crippen LogP contribution in [0.15, 0.2) is 5.38 Å². The number of thiazole rings is 1. The summed E-state index contributed by atoms with van der Waals surface area (Å²) < 4.78 is 37.2. The van der Waals surface area contributed by atoms with E-state index < -0.39 is 12.7 Å². The molecular formula is C10H16F3N3S. The van der Waals surface area contributed by atoms with Crippen LogP contribution in [0.3, 0.4) is 0 Å². The van der Waals surface area contributed by atoms with E-state index in [1.807, 2.05) is 6.92 Å². The maximum atomic E-state index is 12.4. The van der Waals surface area contributed by atoms with Gasteiger partial charge in [-0.3, -0.25) is 0 Å². The van der Waals surface area contributed by atoms with Crippen LogP contribution in [0.5, 0.6) is 0 Å². The minimum Gasteiger partial charge on any atom is -0.339 e. The Morgan fingerprint density at radius 2 is 2.18 bits per heavy atom. The smallest absolute Gasteiger partial charge is 0.339 e. The van der Waals surface area contributed by atoms with E-state index >= 15 is 0 Å². The van der Waals surface area contributed by atoms with Gasteiger partial charge in [0.1, 0.15) is 6.54 Å². The van der Waals surface area contributed by atoms with Gasteiger partial charge in [-0.25, -0.2) is 4.98 Å². The van der Waals surface area contributed by atoms with Crippen LogP contribution in [-0.4, -0.2) is 24.2 Å². The summed E-state index contributed by atoms with van der Waals surface area (Å²) in [5.41, 5.74) is 6.26. The molecule has 0 aliphatic heterocycles. The van der Waals surface area contributed by atoms with Crippen LogP contribution in [0.2, 0.25) is 0 Å². The summed E-state index contributed by atoms with van der Waals surface area (Å²) in [5.74, 6) is 0. The van der Waals surface area contributed by atoms with Crippen LogP contribution >= 0.6 is 11.3 Å². The first-order valence-corrected chi connectivity index (χ1v) is 6.24. The van der Waals surface area contributed by atoms with Crippen molar-refractivity contribution in [2.75, 3.05) is 18.0 Å². The Bertz CT molecular complexity index is 349. The molecule has 1 unspecified atom stereocenters. The predicted molar refractivity (Wildman–Crippen MR) is 63.3 cm³/mol. The summed E-state index contributed by atoms with van der Waals surface area (Å²) in [6.45, 7) is 2.97. The fourth-order valence-corrected chi connectivity index (χ4v) is 2.32. The van der Waals surface area contributed by atoms with Crippen molar-refractivity contribution >= 4 is 16.5 Å². The molecule has 0 aliphatic rings. The second kappa shape index (κ2) is 5.68. The lowest BCUT2D eigenvalue weighted by Gasteiger charge is -2.22. The predicted octanol–water partition coefficient (Wildman–Crippen LogP) is 2.94. The molecule has 2 N–H and O–H groups in total. The minimum absolute atomic E-state index is 0.255. The van der Waals surface area contributed by atoms with Crippen molar-refractivity contribution in [2.24, 2.45) is 5.73 Å². The first kappa shape index (κ1) is 14.2. The average molecular weight is 267 g/mol. The van der Waals surface area contributed by atoms with E-state index in [1.54, 1.807) is 12.3 Å². The van der Waals surface area contributed by atoms with Crippen LogP contribution < -0.4 is 10.6 Å². The van der Waals surface area contributed by atoms with Gasteiger partial charge in [0.2, 0.25) is 0 Å². The molecule has 17 heavy (non-hydrogen) atoms. The Hall–Kier alpha value is -0.820. The summed E-state index contributed by atoms with van der Waals surface area (Å²) in [4.78, 5) is 5.38. The third-order valence-electron chi connectivity index (χ3n) is 2.11. The molecular weight excluding hydrogens is 251 g/mol. The molecule has 0 aromatic carbocycles. The molecule has 0 saturated heterocycles. The number of aromatic nitrogens is 1. The van der Waals surface area contributed by atoms with Crippen molar-refractivity contribution in [1.29, 1.82) is 0 Å². The van der Waals surface area contributed by atoms with Crippen molar-refractivity contribution in [3.63, 3.8) is 0 Å². The fraction of sp³-hybridized carbons (Fsp3) is 0.700. The Kier molecular flexibility index (Phi) is 4.76. The van der Waals surface area contributed by atoms with Gasteiger partial charge in [0.25, 0.3) is 0 Å². The highest BCUT2D eigenvalue weighted by atomic mass is 32.1. The number of hydrogen-bond acceptors (Lipinski definition) is 4. The molecule has 0 radical (unpaired) electrons. The average Bonchev–Trinajstić information content (AvgIpc) is 2.63. The number of alkyl halides is 3. The van der Waals surface area contributed by atoms with Crippen molar-refractivity contribution < 1.29 is 13.2 Å². The summed E-state index contributed by atoms with van der Waals surface area (Å²) in [7, 11) is 0. The fourth-order valence-electron chi connectivity index (χ4n) is 1.36. The first-order chi connectivity index (χ1) is 7.83. The highest BCUT2D eigenvalue weighted by Crippen LogP contribution is 2.26. The maximum Gasteiger partial charge on any atom is 0.406 e. The lowest BCUT2D eigenvalue weighted by Crippen LogP contribution is -2.34. The van der Waals surface area contributed by atoms with Crippen molar-refractivity contribution in [1.82, 2.24) is 4.98 Å². The number of nitrogens with two attached hydrogens (primary N) is 1. The van der Waals surface area contributed by atoms with Crippen molar-refractivity contribution in [3.05, 3.63) is 11.1 Å². The minimum atomic E-state index is -4.21. The van der Waals surface area contributed by atoms with Crippen LogP contribution in [0.25, 0.3) is 0 Å². The summed E-state index contributed by atoms with van der Waals surface area (Å²) in [6.07, 6.45) is -3.57. The number of rotatable bonds is 5. The molecule has 0 spiro atoms. The molecule has 1 aromatic heterocycles. The molecule has 7 heteroatoms. The molecule has 1 atom stereocenters. The molecule has 0 aliphatic carbocycles. The monoisotopic (exact) mass is 267 g/mol. The van der Waals surface area contributed by atoms with Gasteiger partial charge in [0, 0.05) is 18.0 Å². The lowest BCUT2D eigenvalue weighted by atomic mass is 10.3. The van der Waals surface area contributed by atoms with Gasteiger partial charge >= 0.3 is 6.18 Å². The largest absolute Gasteiger partial charge is 0.406 e. The first-order valence-electron chi connectivity index (χ1n) is 5.36. The molecule has 0 saturated carbocycles. The van der Waals surface area contributed by atoms with Gasteiger partial charge in [-0.15, -0.1) is 11.3 Å². The SMILES string of the molecule is CCCN(CC(F)(F)F)c1nc(C(C)N)cs1. The zero-order chi connectivity index (χ0) is 13.1. The molecule has 1 rings (SSSR count). The van der Waals surface area contributed by atoms with Gasteiger partial charge in [0.15, 0.2) is 5.13 Å². The van der Waals surface area contributed by atoms with Gasteiger partial charge in [-0.2, -0.15) is 13.2 Å². The highest BCUT2D eigenvalue weighted by molar-refractivity contribution is 7.13. The molecule has 0 bridgehead atoms. The molecule has 1 aromatic rings. The van der Waals surface area contributed by atoms with Crippen LogP contribution in [0, 0.1) is 0 Å². The van der Waals surface area contributed by atoms with Crippen molar-refractivity contribution in [3.8, 4) is 0 Å². The van der Waals surface area contributed by atoms with E-state index in [9.17, 15) is 13.2 Å². The Labute approximate surface area is 102 Å². The second-order valence-corrected chi connectivity index (χ2v) is 4.72. The second-order valence-electron chi connectivity index (χ2n) is 3.88. The van der Waals surface area contributed by atoms with Gasteiger partial charge in [-0.1, -0.05) is 6.92 Å². The van der Waals surface area contributed by atoms with Crippen LogP contribution in [0.4, 0.5) is 18.3 Å².